The Kier molecular flexibility index (Phi) is 6.11. The van der Waals surface area contributed by atoms with Crippen molar-refractivity contribution in [3.05, 3.63) is 77.5 Å². The number of amides is 1. The minimum atomic E-state index is -0.409. The van der Waals surface area contributed by atoms with E-state index in [-0.39, 0.29) is 18.1 Å². The third-order valence-corrected chi connectivity index (χ3v) is 4.68. The van der Waals surface area contributed by atoms with Crippen LogP contribution in [0.25, 0.3) is 11.3 Å². The van der Waals surface area contributed by atoms with Crippen molar-refractivity contribution >= 4 is 5.91 Å². The number of halogens is 1. The number of carbonyl (C=O) groups is 1. The Morgan fingerprint density at radius 1 is 1.09 bits per heavy atom. The number of carbonyl (C=O) groups excluding carboxylic acids is 1. The zero-order valence-corrected chi connectivity index (χ0v) is 17.4. The molecule has 0 saturated heterocycles. The Bertz CT molecular complexity index is 1220. The fourth-order valence-electron chi connectivity index (χ4n) is 3.04. The summed E-state index contributed by atoms with van der Waals surface area (Å²) in [6.45, 7) is 0.611. The van der Waals surface area contributed by atoms with E-state index in [0.29, 0.717) is 35.1 Å². The molecule has 1 N–H and O–H groups in total. The van der Waals surface area contributed by atoms with Crippen molar-refractivity contribution < 1.29 is 23.2 Å². The molecule has 0 saturated carbocycles. The van der Waals surface area contributed by atoms with Crippen LogP contribution >= 0.6 is 0 Å². The fraction of sp³-hybridized carbons (Fsp3) is 0.182. The van der Waals surface area contributed by atoms with E-state index in [1.54, 1.807) is 54.4 Å². The monoisotopic (exact) mass is 437 g/mol. The van der Waals surface area contributed by atoms with E-state index < -0.39 is 5.91 Å². The second-order valence-corrected chi connectivity index (χ2v) is 6.86. The molecule has 0 unspecified atom stereocenters. The molecule has 0 radical (unpaired) electrons. The average Bonchev–Trinajstić information content (AvgIpc) is 3.48. The molecule has 4 aromatic rings. The molecular weight excluding hydrogens is 417 g/mol. The van der Waals surface area contributed by atoms with Gasteiger partial charge in [0.2, 0.25) is 0 Å². The van der Waals surface area contributed by atoms with Crippen LogP contribution < -0.4 is 14.8 Å². The average molecular weight is 437 g/mol. The SMILES string of the molecule is COc1ccc(-c2cc(C(=O)NCc3cn(Cc4ccc(F)cc4)nn3)no2)cc1OC. The molecule has 0 spiro atoms. The third kappa shape index (κ3) is 4.75. The number of hydrogen-bond acceptors (Lipinski definition) is 7. The van der Waals surface area contributed by atoms with Crippen LogP contribution in [0.3, 0.4) is 0 Å². The van der Waals surface area contributed by atoms with Crippen LogP contribution in [0.4, 0.5) is 4.39 Å². The standard InChI is InChI=1S/C22H20FN5O4/c1-30-19-8-5-15(9-21(19)31-2)20-10-18(26-32-20)22(29)24-11-17-13-28(27-25-17)12-14-3-6-16(23)7-4-14/h3-10,13H,11-12H2,1-2H3,(H,24,29). The highest BCUT2D eigenvalue weighted by molar-refractivity contribution is 5.93. The molecule has 0 aliphatic rings. The number of nitrogens with one attached hydrogen (secondary N) is 1. The Morgan fingerprint density at radius 3 is 2.62 bits per heavy atom. The lowest BCUT2D eigenvalue weighted by Crippen LogP contribution is -2.23. The molecule has 2 heterocycles. The van der Waals surface area contributed by atoms with Gasteiger partial charge < -0.3 is 19.3 Å². The summed E-state index contributed by atoms with van der Waals surface area (Å²) in [4.78, 5) is 12.4. The third-order valence-electron chi connectivity index (χ3n) is 4.68. The Hall–Kier alpha value is -4.21. The molecule has 2 aromatic carbocycles. The van der Waals surface area contributed by atoms with Crippen molar-refractivity contribution in [2.75, 3.05) is 14.2 Å². The molecule has 4 rings (SSSR count). The largest absolute Gasteiger partial charge is 0.493 e. The number of aromatic nitrogens is 4. The molecule has 164 valence electrons. The molecule has 10 heteroatoms. The van der Waals surface area contributed by atoms with E-state index in [0.717, 1.165) is 5.56 Å². The summed E-state index contributed by atoms with van der Waals surface area (Å²) in [5.74, 6) is 0.838. The first-order chi connectivity index (χ1) is 15.6. The molecular formula is C22H20FN5O4. The Balaban J connectivity index is 1.37. The second-order valence-electron chi connectivity index (χ2n) is 6.86. The molecule has 1 amide bonds. The summed E-state index contributed by atoms with van der Waals surface area (Å²) in [5, 5.41) is 14.6. The zero-order valence-electron chi connectivity index (χ0n) is 17.4. The van der Waals surface area contributed by atoms with Crippen molar-refractivity contribution in [2.45, 2.75) is 13.1 Å². The maximum absolute atomic E-state index is 13.0. The summed E-state index contributed by atoms with van der Waals surface area (Å²) in [6, 6.07) is 12.9. The summed E-state index contributed by atoms with van der Waals surface area (Å²) in [5.41, 5.74) is 2.28. The highest BCUT2D eigenvalue weighted by atomic mass is 19.1. The predicted molar refractivity (Wildman–Crippen MR) is 112 cm³/mol. The van der Waals surface area contributed by atoms with Crippen molar-refractivity contribution in [1.29, 1.82) is 0 Å². The van der Waals surface area contributed by atoms with Crippen molar-refractivity contribution in [1.82, 2.24) is 25.5 Å². The lowest BCUT2D eigenvalue weighted by atomic mass is 10.1. The van der Waals surface area contributed by atoms with Gasteiger partial charge in [-0.25, -0.2) is 9.07 Å². The molecule has 2 aromatic heterocycles. The first kappa shape index (κ1) is 21.0. The number of nitrogens with zero attached hydrogens (tertiary/aromatic N) is 4. The number of rotatable bonds is 8. The van der Waals surface area contributed by atoms with E-state index >= 15 is 0 Å². The van der Waals surface area contributed by atoms with E-state index in [2.05, 4.69) is 20.8 Å². The smallest absolute Gasteiger partial charge is 0.273 e. The van der Waals surface area contributed by atoms with Gasteiger partial charge in [-0.1, -0.05) is 22.5 Å². The lowest BCUT2D eigenvalue weighted by Gasteiger charge is -2.07. The van der Waals surface area contributed by atoms with Gasteiger partial charge in [-0.3, -0.25) is 4.79 Å². The number of ether oxygens (including phenoxy) is 2. The summed E-state index contributed by atoms with van der Waals surface area (Å²) >= 11 is 0. The van der Waals surface area contributed by atoms with Gasteiger partial charge >= 0.3 is 0 Å². The molecule has 9 nitrogen and oxygen atoms in total. The van der Waals surface area contributed by atoms with Crippen LogP contribution in [0.2, 0.25) is 0 Å². The van der Waals surface area contributed by atoms with Crippen LogP contribution in [-0.4, -0.2) is 40.3 Å². The first-order valence-electron chi connectivity index (χ1n) is 9.66. The lowest BCUT2D eigenvalue weighted by molar-refractivity contribution is 0.0941. The fourth-order valence-corrected chi connectivity index (χ4v) is 3.04. The molecule has 0 aliphatic heterocycles. The molecule has 0 atom stereocenters. The summed E-state index contributed by atoms with van der Waals surface area (Å²) < 4.78 is 30.4. The van der Waals surface area contributed by atoms with Gasteiger partial charge in [0.05, 0.1) is 33.5 Å². The predicted octanol–water partition coefficient (Wildman–Crippen LogP) is 3.07. The van der Waals surface area contributed by atoms with Gasteiger partial charge in [0, 0.05) is 11.6 Å². The van der Waals surface area contributed by atoms with Gasteiger partial charge in [-0.2, -0.15) is 0 Å². The number of methoxy groups -OCH3 is 2. The number of benzene rings is 2. The highest BCUT2D eigenvalue weighted by Gasteiger charge is 2.16. The molecule has 0 bridgehead atoms. The highest BCUT2D eigenvalue weighted by Crippen LogP contribution is 2.32. The maximum Gasteiger partial charge on any atom is 0.273 e. The van der Waals surface area contributed by atoms with Crippen LogP contribution in [0.15, 0.2) is 59.3 Å². The maximum atomic E-state index is 13.0. The molecule has 0 fully saturated rings. The second kappa shape index (κ2) is 9.29. The van der Waals surface area contributed by atoms with Gasteiger partial charge in [0.25, 0.3) is 5.91 Å². The Morgan fingerprint density at radius 2 is 1.88 bits per heavy atom. The van der Waals surface area contributed by atoms with Crippen molar-refractivity contribution in [3.8, 4) is 22.8 Å². The summed E-state index contributed by atoms with van der Waals surface area (Å²) in [6.07, 6.45) is 1.71. The first-order valence-corrected chi connectivity index (χ1v) is 9.66. The summed E-state index contributed by atoms with van der Waals surface area (Å²) in [7, 11) is 3.09. The van der Waals surface area contributed by atoms with Crippen LogP contribution in [0, 0.1) is 5.82 Å². The van der Waals surface area contributed by atoms with E-state index in [1.807, 2.05) is 0 Å². The van der Waals surface area contributed by atoms with Gasteiger partial charge in [-0.15, -0.1) is 5.10 Å². The normalized spacial score (nSPS) is 10.7. The quantitative estimate of drug-likeness (QED) is 0.452. The van der Waals surface area contributed by atoms with Gasteiger partial charge in [0.1, 0.15) is 11.5 Å². The minimum absolute atomic E-state index is 0.133. The molecule has 32 heavy (non-hydrogen) atoms. The van der Waals surface area contributed by atoms with E-state index in [1.165, 1.54) is 19.2 Å². The van der Waals surface area contributed by atoms with Gasteiger partial charge in [0.15, 0.2) is 23.0 Å². The van der Waals surface area contributed by atoms with Crippen molar-refractivity contribution in [2.24, 2.45) is 0 Å². The van der Waals surface area contributed by atoms with Crippen LogP contribution in [-0.2, 0) is 13.1 Å². The zero-order chi connectivity index (χ0) is 22.5. The van der Waals surface area contributed by atoms with E-state index in [4.69, 9.17) is 14.0 Å². The van der Waals surface area contributed by atoms with E-state index in [9.17, 15) is 9.18 Å². The number of hydrogen-bond donors (Lipinski definition) is 1. The van der Waals surface area contributed by atoms with Crippen LogP contribution in [0.5, 0.6) is 11.5 Å². The topological polar surface area (TPSA) is 104 Å². The van der Waals surface area contributed by atoms with Gasteiger partial charge in [-0.05, 0) is 35.9 Å². The molecule has 0 aliphatic carbocycles. The van der Waals surface area contributed by atoms with Crippen LogP contribution in [0.1, 0.15) is 21.7 Å². The minimum Gasteiger partial charge on any atom is -0.493 e. The van der Waals surface area contributed by atoms with Crippen molar-refractivity contribution in [3.63, 3.8) is 0 Å². The Labute approximate surface area is 182 Å².